The van der Waals surface area contributed by atoms with Crippen LogP contribution in [0.5, 0.6) is 0 Å². The van der Waals surface area contributed by atoms with E-state index >= 15 is 0 Å². The Morgan fingerprint density at radius 3 is 1.98 bits per heavy atom. The van der Waals surface area contributed by atoms with Gasteiger partial charge in [-0.05, 0) is 36.5 Å². The highest BCUT2D eigenvalue weighted by Gasteiger charge is 2.48. The average Bonchev–Trinajstić information content (AvgIpc) is 3.51. The van der Waals surface area contributed by atoms with Crippen molar-refractivity contribution in [3.05, 3.63) is 120 Å². The van der Waals surface area contributed by atoms with Gasteiger partial charge in [-0.1, -0.05) is 104 Å². The van der Waals surface area contributed by atoms with Crippen LogP contribution in [0.1, 0.15) is 36.5 Å². The number of rotatable bonds is 10. The summed E-state index contributed by atoms with van der Waals surface area (Å²) >= 11 is 1.73. The van der Waals surface area contributed by atoms with Gasteiger partial charge in [-0.15, -0.1) is 11.8 Å². The fraction of sp³-hybridized carbons (Fsp3) is 0.361. The molecule has 45 heavy (non-hydrogen) atoms. The monoisotopic (exact) mass is 628 g/mol. The number of ether oxygens (including phenoxy) is 2. The first kappa shape index (κ1) is 32.3. The minimum Gasteiger partial charge on any atom is -0.466 e. The number of carbonyl (C=O) groups is 3. The smallest absolute Gasteiger partial charge is 0.410 e. The van der Waals surface area contributed by atoms with Gasteiger partial charge in [-0.25, -0.2) is 4.79 Å². The molecule has 2 amide bonds. The lowest BCUT2D eigenvalue weighted by atomic mass is 9.84. The van der Waals surface area contributed by atoms with Crippen molar-refractivity contribution in [3.8, 4) is 0 Å². The van der Waals surface area contributed by atoms with E-state index in [-0.39, 0.29) is 43.9 Å². The number of nitrogens with zero attached hydrogens (tertiary/aromatic N) is 2. The van der Waals surface area contributed by atoms with Crippen molar-refractivity contribution in [2.75, 3.05) is 32.8 Å². The van der Waals surface area contributed by atoms with E-state index in [9.17, 15) is 19.5 Å². The molecule has 2 unspecified atom stereocenters. The summed E-state index contributed by atoms with van der Waals surface area (Å²) in [6.45, 7) is 6.18. The van der Waals surface area contributed by atoms with E-state index in [0.29, 0.717) is 13.0 Å². The highest BCUT2D eigenvalue weighted by Crippen LogP contribution is 2.52. The predicted molar refractivity (Wildman–Crippen MR) is 175 cm³/mol. The molecule has 3 aromatic carbocycles. The van der Waals surface area contributed by atoms with Crippen LogP contribution in [0.15, 0.2) is 104 Å². The Morgan fingerprint density at radius 2 is 1.47 bits per heavy atom. The van der Waals surface area contributed by atoms with E-state index in [1.807, 2.05) is 54.6 Å². The summed E-state index contributed by atoms with van der Waals surface area (Å²) in [5.74, 6) is -1.63. The molecule has 9 heteroatoms. The van der Waals surface area contributed by atoms with E-state index < -0.39 is 34.9 Å². The van der Waals surface area contributed by atoms with Gasteiger partial charge in [0.25, 0.3) is 0 Å². The van der Waals surface area contributed by atoms with E-state index in [4.69, 9.17) is 9.47 Å². The molecule has 0 bridgehead atoms. The maximum atomic E-state index is 14.2. The fourth-order valence-electron chi connectivity index (χ4n) is 6.34. The first-order chi connectivity index (χ1) is 21.9. The Morgan fingerprint density at radius 1 is 0.911 bits per heavy atom. The second-order valence-corrected chi connectivity index (χ2v) is 12.8. The van der Waals surface area contributed by atoms with E-state index in [1.54, 1.807) is 23.6 Å². The van der Waals surface area contributed by atoms with Gasteiger partial charge in [-0.2, -0.15) is 0 Å². The molecule has 0 radical (unpaired) electrons. The van der Waals surface area contributed by atoms with E-state index in [2.05, 4.69) is 43.0 Å². The average molecular weight is 629 g/mol. The molecule has 1 N–H and O–H groups in total. The Bertz CT molecular complexity index is 1360. The van der Waals surface area contributed by atoms with Crippen LogP contribution < -0.4 is 0 Å². The van der Waals surface area contributed by atoms with Gasteiger partial charge in [-0.3, -0.25) is 14.5 Å². The van der Waals surface area contributed by atoms with Gasteiger partial charge in [0.1, 0.15) is 18.6 Å². The molecule has 2 fully saturated rings. The summed E-state index contributed by atoms with van der Waals surface area (Å²) in [5, 5.41) is 10.4. The van der Waals surface area contributed by atoms with Crippen LogP contribution in [0, 0.1) is 5.92 Å². The van der Waals surface area contributed by atoms with Gasteiger partial charge in [0, 0.05) is 24.9 Å². The molecular formula is C36H40N2O6S. The lowest BCUT2D eigenvalue weighted by molar-refractivity contribution is -0.157. The highest BCUT2D eigenvalue weighted by molar-refractivity contribution is 8.01. The zero-order valence-electron chi connectivity index (χ0n) is 25.5. The van der Waals surface area contributed by atoms with Crippen molar-refractivity contribution in [1.29, 1.82) is 0 Å². The number of benzene rings is 3. The zero-order chi connectivity index (χ0) is 31.8. The molecule has 2 aliphatic heterocycles. The van der Waals surface area contributed by atoms with Crippen molar-refractivity contribution < 1.29 is 29.0 Å². The summed E-state index contributed by atoms with van der Waals surface area (Å²) < 4.78 is 10.00. The normalized spacial score (nSPS) is 21.6. The predicted octanol–water partition coefficient (Wildman–Crippen LogP) is 5.25. The zero-order valence-corrected chi connectivity index (χ0v) is 26.3. The SMILES string of the molecule is C=CCOC(=O)N1C[C@@H](SC(c2ccccc2)(c2ccccc2)c2ccccc2)C[C@H]1C(=O)N1CCC(O)C(C(=O)OCC)C1. The lowest BCUT2D eigenvalue weighted by Gasteiger charge is -2.37. The Labute approximate surface area is 269 Å². The topological polar surface area (TPSA) is 96.4 Å². The molecule has 5 rings (SSSR count). The third kappa shape index (κ3) is 6.94. The standard InChI is InChI=1S/C36H40N2O6S/c1-3-22-44-35(42)38-24-29(23-31(38)33(40)37-21-20-32(39)30(25-37)34(41)43-4-2)45-36(26-14-8-5-9-15-26,27-16-10-6-11-17-27)28-18-12-7-13-19-28/h3,5-19,29-32,39H,1,4,20-25H2,2H3/t29-,30?,31-,32?/m0/s1. The Hall–Kier alpha value is -4.08. The van der Waals surface area contributed by atoms with Gasteiger partial charge < -0.3 is 19.5 Å². The van der Waals surface area contributed by atoms with Crippen LogP contribution in [0.25, 0.3) is 0 Å². The molecule has 0 aliphatic carbocycles. The van der Waals surface area contributed by atoms with Crippen molar-refractivity contribution in [2.45, 2.75) is 41.9 Å². The first-order valence-corrected chi connectivity index (χ1v) is 16.3. The molecule has 2 aliphatic rings. The number of hydrogen-bond acceptors (Lipinski definition) is 7. The summed E-state index contributed by atoms with van der Waals surface area (Å²) in [6, 6.07) is 30.1. The molecular weight excluding hydrogens is 588 g/mol. The van der Waals surface area contributed by atoms with Gasteiger partial charge in [0.05, 0.1) is 17.5 Å². The second-order valence-electron chi connectivity index (χ2n) is 11.3. The molecule has 3 aromatic rings. The van der Waals surface area contributed by atoms with Crippen LogP contribution >= 0.6 is 11.8 Å². The third-order valence-corrected chi connectivity index (χ3v) is 10.2. The summed E-state index contributed by atoms with van der Waals surface area (Å²) in [6.07, 6.45) is 0.666. The summed E-state index contributed by atoms with van der Waals surface area (Å²) in [4.78, 5) is 43.2. The second kappa shape index (κ2) is 14.8. The van der Waals surface area contributed by atoms with Crippen LogP contribution in [0.4, 0.5) is 4.79 Å². The number of piperidine rings is 1. The molecule has 236 valence electrons. The Balaban J connectivity index is 1.50. The Kier molecular flexibility index (Phi) is 10.6. The molecule has 0 spiro atoms. The quantitative estimate of drug-likeness (QED) is 0.186. The van der Waals surface area contributed by atoms with Crippen molar-refractivity contribution >= 4 is 29.7 Å². The van der Waals surface area contributed by atoms with Crippen molar-refractivity contribution in [2.24, 2.45) is 5.92 Å². The van der Waals surface area contributed by atoms with Gasteiger partial charge >= 0.3 is 12.1 Å². The van der Waals surface area contributed by atoms with Gasteiger partial charge in [0.2, 0.25) is 5.91 Å². The van der Waals surface area contributed by atoms with Crippen LogP contribution in [-0.4, -0.2) is 83.1 Å². The number of esters is 1. The largest absolute Gasteiger partial charge is 0.466 e. The molecule has 4 atom stereocenters. The molecule has 2 saturated heterocycles. The molecule has 8 nitrogen and oxygen atoms in total. The molecule has 2 heterocycles. The maximum absolute atomic E-state index is 14.2. The first-order valence-electron chi connectivity index (χ1n) is 15.4. The number of thioether (sulfide) groups is 1. The van der Waals surface area contributed by atoms with Crippen LogP contribution in [0.3, 0.4) is 0 Å². The van der Waals surface area contributed by atoms with E-state index in [0.717, 1.165) is 16.7 Å². The van der Waals surface area contributed by atoms with Crippen LogP contribution in [-0.2, 0) is 23.8 Å². The minimum absolute atomic E-state index is 0.0247. The van der Waals surface area contributed by atoms with Crippen molar-refractivity contribution in [1.82, 2.24) is 9.80 Å². The van der Waals surface area contributed by atoms with Gasteiger partial charge in [0.15, 0.2) is 0 Å². The number of aliphatic hydroxyl groups is 1. The molecule has 0 saturated carbocycles. The number of carbonyl (C=O) groups excluding carboxylic acids is 3. The fourth-order valence-corrected chi connectivity index (χ4v) is 8.17. The maximum Gasteiger partial charge on any atom is 0.410 e. The number of likely N-dealkylation sites (tertiary alicyclic amines) is 2. The van der Waals surface area contributed by atoms with Crippen molar-refractivity contribution in [3.63, 3.8) is 0 Å². The molecule has 0 aromatic heterocycles. The number of hydrogen-bond donors (Lipinski definition) is 1. The summed E-state index contributed by atoms with van der Waals surface area (Å²) in [7, 11) is 0. The number of aliphatic hydroxyl groups excluding tert-OH is 1. The van der Waals surface area contributed by atoms with E-state index in [1.165, 1.54) is 11.0 Å². The number of amides is 2. The van der Waals surface area contributed by atoms with Crippen LogP contribution in [0.2, 0.25) is 0 Å². The summed E-state index contributed by atoms with van der Waals surface area (Å²) in [5.41, 5.74) is 3.26. The highest BCUT2D eigenvalue weighted by atomic mass is 32.2. The lowest BCUT2D eigenvalue weighted by Crippen LogP contribution is -2.54. The third-order valence-electron chi connectivity index (χ3n) is 8.47. The minimum atomic E-state index is -0.892.